The van der Waals surface area contributed by atoms with Crippen molar-refractivity contribution in [3.63, 3.8) is 0 Å². The van der Waals surface area contributed by atoms with Crippen LogP contribution in [0.3, 0.4) is 0 Å². The van der Waals surface area contributed by atoms with Crippen LogP contribution < -0.4 is 15.0 Å². The molecule has 1 N–H and O–H groups in total. The first-order chi connectivity index (χ1) is 15.4. The minimum absolute atomic E-state index is 0.337. The SMILES string of the molecule is COc1c(Cl)cc(Cl)cc1C=CC(=O)Nc1ccc(N2C(=O)c3ccccc3C2=O)cc1. The highest BCUT2D eigenvalue weighted by atomic mass is 35.5. The number of carbonyl (C=O) groups is 3. The molecule has 160 valence electrons. The highest BCUT2D eigenvalue weighted by Gasteiger charge is 2.36. The van der Waals surface area contributed by atoms with Gasteiger partial charge in [-0.15, -0.1) is 0 Å². The van der Waals surface area contributed by atoms with Gasteiger partial charge in [0, 0.05) is 22.3 Å². The van der Waals surface area contributed by atoms with Gasteiger partial charge in [-0.3, -0.25) is 14.4 Å². The molecule has 0 unspecified atom stereocenters. The molecule has 0 spiro atoms. The van der Waals surface area contributed by atoms with Gasteiger partial charge < -0.3 is 10.1 Å². The second kappa shape index (κ2) is 8.86. The number of nitrogens with one attached hydrogen (secondary N) is 1. The van der Waals surface area contributed by atoms with E-state index in [0.29, 0.717) is 43.9 Å². The van der Waals surface area contributed by atoms with Crippen LogP contribution in [-0.2, 0) is 4.79 Å². The molecular weight excluding hydrogens is 451 g/mol. The molecule has 8 heteroatoms. The standard InChI is InChI=1S/C24H16Cl2N2O4/c1-32-22-14(12-15(25)13-20(22)26)6-11-21(29)27-16-7-9-17(10-8-16)28-23(30)18-4-2-3-5-19(18)24(28)31/h2-13H,1H3,(H,27,29). The van der Waals surface area contributed by atoms with Gasteiger partial charge in [-0.25, -0.2) is 4.90 Å². The number of anilines is 2. The summed E-state index contributed by atoms with van der Waals surface area (Å²) in [6.07, 6.45) is 2.86. The summed E-state index contributed by atoms with van der Waals surface area (Å²) in [6, 6.07) is 16.3. The Kier molecular flexibility index (Phi) is 5.99. The molecule has 3 aromatic carbocycles. The van der Waals surface area contributed by atoms with Gasteiger partial charge in [0.2, 0.25) is 5.91 Å². The minimum Gasteiger partial charge on any atom is -0.495 e. The van der Waals surface area contributed by atoms with Crippen molar-refractivity contribution in [1.29, 1.82) is 0 Å². The lowest BCUT2D eigenvalue weighted by Gasteiger charge is -2.14. The number of benzene rings is 3. The van der Waals surface area contributed by atoms with Gasteiger partial charge in [-0.05, 0) is 54.6 Å². The van der Waals surface area contributed by atoms with Crippen LogP contribution >= 0.6 is 23.2 Å². The van der Waals surface area contributed by atoms with Gasteiger partial charge in [-0.1, -0.05) is 35.3 Å². The maximum absolute atomic E-state index is 12.6. The second-order valence-electron chi connectivity index (χ2n) is 6.87. The fourth-order valence-corrected chi connectivity index (χ4v) is 3.97. The molecule has 0 saturated heterocycles. The summed E-state index contributed by atoms with van der Waals surface area (Å²) in [5.41, 5.74) is 2.22. The topological polar surface area (TPSA) is 75.7 Å². The molecule has 32 heavy (non-hydrogen) atoms. The molecule has 0 aromatic heterocycles. The number of methoxy groups -OCH3 is 1. The molecule has 1 aliphatic rings. The number of carbonyl (C=O) groups excluding carboxylic acids is 3. The Balaban J connectivity index is 1.47. The molecule has 0 aliphatic carbocycles. The lowest BCUT2D eigenvalue weighted by Crippen LogP contribution is -2.29. The van der Waals surface area contributed by atoms with Gasteiger partial charge >= 0.3 is 0 Å². The van der Waals surface area contributed by atoms with E-state index in [4.69, 9.17) is 27.9 Å². The third-order valence-corrected chi connectivity index (χ3v) is 5.34. The van der Waals surface area contributed by atoms with E-state index in [0.717, 1.165) is 4.90 Å². The molecule has 1 heterocycles. The number of halogens is 2. The van der Waals surface area contributed by atoms with E-state index in [-0.39, 0.29) is 11.8 Å². The van der Waals surface area contributed by atoms with Gasteiger partial charge in [0.05, 0.1) is 28.9 Å². The molecule has 4 rings (SSSR count). The number of fused-ring (bicyclic) bond motifs is 1. The molecule has 3 amide bonds. The van der Waals surface area contributed by atoms with Crippen LogP contribution in [0.1, 0.15) is 26.3 Å². The Bertz CT molecular complexity index is 1230. The average molecular weight is 467 g/mol. The minimum atomic E-state index is -0.392. The monoisotopic (exact) mass is 466 g/mol. The zero-order valence-electron chi connectivity index (χ0n) is 16.8. The normalized spacial score (nSPS) is 12.9. The van der Waals surface area contributed by atoms with E-state index in [1.54, 1.807) is 66.7 Å². The third kappa shape index (κ3) is 4.10. The lowest BCUT2D eigenvalue weighted by atomic mass is 10.1. The summed E-state index contributed by atoms with van der Waals surface area (Å²) in [5.74, 6) is -0.735. The van der Waals surface area contributed by atoms with E-state index in [2.05, 4.69) is 5.32 Å². The maximum atomic E-state index is 12.6. The highest BCUT2D eigenvalue weighted by molar-refractivity contribution is 6.36. The zero-order chi connectivity index (χ0) is 22.8. The Labute approximate surface area is 194 Å². The van der Waals surface area contributed by atoms with Crippen molar-refractivity contribution in [3.8, 4) is 5.75 Å². The van der Waals surface area contributed by atoms with Crippen LogP contribution in [0.5, 0.6) is 5.75 Å². The van der Waals surface area contributed by atoms with Gasteiger partial charge in [0.1, 0.15) is 5.75 Å². The summed E-state index contributed by atoms with van der Waals surface area (Å²) in [4.78, 5) is 38.6. The molecule has 0 bridgehead atoms. The molecule has 0 atom stereocenters. The van der Waals surface area contributed by atoms with Gasteiger partial charge in [-0.2, -0.15) is 0 Å². The summed E-state index contributed by atoms with van der Waals surface area (Å²) >= 11 is 12.1. The van der Waals surface area contributed by atoms with Crippen molar-refractivity contribution >= 4 is 58.4 Å². The van der Waals surface area contributed by atoms with Crippen LogP contribution in [0.25, 0.3) is 6.08 Å². The summed E-state index contributed by atoms with van der Waals surface area (Å²) in [5, 5.41) is 3.47. The summed E-state index contributed by atoms with van der Waals surface area (Å²) in [6.45, 7) is 0. The maximum Gasteiger partial charge on any atom is 0.266 e. The van der Waals surface area contributed by atoms with Crippen LogP contribution in [0.15, 0.2) is 66.7 Å². The molecule has 6 nitrogen and oxygen atoms in total. The zero-order valence-corrected chi connectivity index (χ0v) is 18.3. The quantitative estimate of drug-likeness (QED) is 0.400. The largest absolute Gasteiger partial charge is 0.495 e. The number of ether oxygens (including phenoxy) is 1. The van der Waals surface area contributed by atoms with E-state index in [9.17, 15) is 14.4 Å². The van der Waals surface area contributed by atoms with Crippen molar-refractivity contribution in [2.24, 2.45) is 0 Å². The smallest absolute Gasteiger partial charge is 0.266 e. The molecular formula is C24H16Cl2N2O4. The first-order valence-electron chi connectivity index (χ1n) is 9.49. The number of imide groups is 1. The van der Waals surface area contributed by atoms with Crippen LogP contribution in [0.4, 0.5) is 11.4 Å². The summed E-state index contributed by atoms with van der Waals surface area (Å²) in [7, 11) is 1.47. The Hall–Kier alpha value is -3.61. The van der Waals surface area contributed by atoms with Crippen molar-refractivity contribution in [2.75, 3.05) is 17.3 Å². The Morgan fingerprint density at radius 1 is 0.969 bits per heavy atom. The second-order valence-corrected chi connectivity index (χ2v) is 7.71. The van der Waals surface area contributed by atoms with Crippen molar-refractivity contribution < 1.29 is 19.1 Å². The fourth-order valence-electron chi connectivity index (χ4n) is 3.39. The number of amides is 3. The van der Waals surface area contributed by atoms with Crippen molar-refractivity contribution in [2.45, 2.75) is 0 Å². The third-order valence-electron chi connectivity index (χ3n) is 4.84. The van der Waals surface area contributed by atoms with Gasteiger partial charge in [0.25, 0.3) is 11.8 Å². The molecule has 0 saturated carbocycles. The van der Waals surface area contributed by atoms with Crippen molar-refractivity contribution in [1.82, 2.24) is 0 Å². The Morgan fingerprint density at radius 3 is 2.19 bits per heavy atom. The first-order valence-corrected chi connectivity index (χ1v) is 10.2. The fraction of sp³-hybridized carbons (Fsp3) is 0.0417. The molecule has 0 radical (unpaired) electrons. The lowest BCUT2D eigenvalue weighted by molar-refractivity contribution is -0.111. The number of rotatable bonds is 5. The van der Waals surface area contributed by atoms with E-state index in [1.807, 2.05) is 0 Å². The Morgan fingerprint density at radius 2 is 1.59 bits per heavy atom. The van der Waals surface area contributed by atoms with E-state index < -0.39 is 5.91 Å². The highest BCUT2D eigenvalue weighted by Crippen LogP contribution is 2.33. The first kappa shape index (κ1) is 21.6. The molecule has 1 aliphatic heterocycles. The molecule has 0 fully saturated rings. The predicted octanol–water partition coefficient (Wildman–Crippen LogP) is 5.45. The molecule has 3 aromatic rings. The summed E-state index contributed by atoms with van der Waals surface area (Å²) < 4.78 is 5.25. The number of hydrogen-bond donors (Lipinski definition) is 1. The van der Waals surface area contributed by atoms with Gasteiger partial charge in [0.15, 0.2) is 0 Å². The van der Waals surface area contributed by atoms with E-state index in [1.165, 1.54) is 13.2 Å². The number of hydrogen-bond acceptors (Lipinski definition) is 4. The van der Waals surface area contributed by atoms with Crippen LogP contribution in [-0.4, -0.2) is 24.8 Å². The average Bonchev–Trinajstić information content (AvgIpc) is 3.03. The number of nitrogens with zero attached hydrogens (tertiary/aromatic N) is 1. The van der Waals surface area contributed by atoms with Crippen LogP contribution in [0.2, 0.25) is 10.0 Å². The van der Waals surface area contributed by atoms with Crippen molar-refractivity contribution in [3.05, 3.63) is 93.5 Å². The van der Waals surface area contributed by atoms with Crippen LogP contribution in [0, 0.1) is 0 Å². The van der Waals surface area contributed by atoms with E-state index >= 15 is 0 Å². The predicted molar refractivity (Wildman–Crippen MR) is 125 cm³/mol.